The number of nitrogens with zero attached hydrogens (tertiary/aromatic N) is 1. The van der Waals surface area contributed by atoms with Gasteiger partial charge in [-0.25, -0.2) is 9.59 Å². The summed E-state index contributed by atoms with van der Waals surface area (Å²) in [6.45, 7) is 9.24. The molecule has 1 atom stereocenters. The fraction of sp³-hybridized carbons (Fsp3) is 0.323. The van der Waals surface area contributed by atoms with E-state index in [0.717, 1.165) is 24.3 Å². The van der Waals surface area contributed by atoms with E-state index in [9.17, 15) is 19.5 Å². The van der Waals surface area contributed by atoms with Gasteiger partial charge in [0.2, 0.25) is 0 Å². The summed E-state index contributed by atoms with van der Waals surface area (Å²) in [7, 11) is 0. The highest BCUT2D eigenvalue weighted by Crippen LogP contribution is 2.23. The van der Waals surface area contributed by atoms with Crippen LogP contribution >= 0.6 is 0 Å². The quantitative estimate of drug-likeness (QED) is 0.327. The van der Waals surface area contributed by atoms with Crippen LogP contribution in [0.15, 0.2) is 72.8 Å². The molecule has 0 aliphatic carbocycles. The Kier molecular flexibility index (Phi) is 8.66. The van der Waals surface area contributed by atoms with Crippen molar-refractivity contribution in [2.45, 2.75) is 38.6 Å². The summed E-state index contributed by atoms with van der Waals surface area (Å²) in [6, 6.07) is 19.9. The summed E-state index contributed by atoms with van der Waals surface area (Å²) in [4.78, 5) is 39.4. The SMILES string of the molecule is CC(C)(C)c1ccc(C(=O)NC(Cc2ccc(OC(=O)c3ccc(N4CCOCC4)cc3)cc2)C(=O)O)cc1. The minimum atomic E-state index is -1.13. The number of benzene rings is 3. The van der Waals surface area contributed by atoms with Gasteiger partial charge in [0.15, 0.2) is 0 Å². The van der Waals surface area contributed by atoms with Crippen molar-refractivity contribution < 1.29 is 29.0 Å². The fourth-order valence-corrected chi connectivity index (χ4v) is 4.29. The van der Waals surface area contributed by atoms with Crippen LogP contribution in [-0.2, 0) is 21.4 Å². The molecule has 204 valence electrons. The van der Waals surface area contributed by atoms with Crippen LogP contribution in [0.4, 0.5) is 5.69 Å². The molecule has 1 fully saturated rings. The van der Waals surface area contributed by atoms with E-state index in [0.29, 0.717) is 35.7 Å². The molecule has 2 N–H and O–H groups in total. The number of hydrogen-bond donors (Lipinski definition) is 2. The second kappa shape index (κ2) is 12.1. The van der Waals surface area contributed by atoms with E-state index in [2.05, 4.69) is 31.0 Å². The number of carbonyl (C=O) groups is 3. The second-order valence-electron chi connectivity index (χ2n) is 10.6. The Morgan fingerprint density at radius 1 is 0.897 bits per heavy atom. The van der Waals surface area contributed by atoms with E-state index in [4.69, 9.17) is 9.47 Å². The highest BCUT2D eigenvalue weighted by Gasteiger charge is 2.22. The maximum atomic E-state index is 12.7. The van der Waals surface area contributed by atoms with Crippen molar-refractivity contribution in [3.8, 4) is 5.75 Å². The summed E-state index contributed by atoms with van der Waals surface area (Å²) >= 11 is 0. The third-order valence-corrected chi connectivity index (χ3v) is 6.67. The van der Waals surface area contributed by atoms with Gasteiger partial charge in [-0.15, -0.1) is 0 Å². The number of carbonyl (C=O) groups excluding carboxylic acids is 2. The number of hydrogen-bond acceptors (Lipinski definition) is 6. The highest BCUT2D eigenvalue weighted by atomic mass is 16.5. The topological polar surface area (TPSA) is 105 Å². The van der Waals surface area contributed by atoms with Gasteiger partial charge in [0, 0.05) is 30.8 Å². The molecule has 1 amide bonds. The number of aliphatic carboxylic acids is 1. The first-order chi connectivity index (χ1) is 18.6. The van der Waals surface area contributed by atoms with E-state index in [-0.39, 0.29) is 11.8 Å². The molecule has 0 spiro atoms. The van der Waals surface area contributed by atoms with Crippen LogP contribution in [-0.4, -0.2) is 55.3 Å². The summed E-state index contributed by atoms with van der Waals surface area (Å²) in [5.74, 6) is -1.72. The molecule has 0 saturated carbocycles. The summed E-state index contributed by atoms with van der Waals surface area (Å²) in [5, 5.41) is 12.3. The van der Waals surface area contributed by atoms with Gasteiger partial charge >= 0.3 is 11.9 Å². The molecule has 8 heteroatoms. The van der Waals surface area contributed by atoms with Gasteiger partial charge in [0.05, 0.1) is 18.8 Å². The Bertz CT molecular complexity index is 1290. The number of nitrogens with one attached hydrogen (secondary N) is 1. The van der Waals surface area contributed by atoms with E-state index in [1.54, 1.807) is 48.5 Å². The van der Waals surface area contributed by atoms with Gasteiger partial charge in [-0.05, 0) is 65.1 Å². The van der Waals surface area contributed by atoms with Gasteiger partial charge in [-0.1, -0.05) is 45.0 Å². The smallest absolute Gasteiger partial charge is 0.343 e. The molecule has 0 aromatic heterocycles. The van der Waals surface area contributed by atoms with Gasteiger partial charge < -0.3 is 24.8 Å². The van der Waals surface area contributed by atoms with Crippen LogP contribution in [0.25, 0.3) is 0 Å². The third kappa shape index (κ3) is 7.45. The van der Waals surface area contributed by atoms with Crippen LogP contribution in [0.2, 0.25) is 0 Å². The number of amides is 1. The lowest BCUT2D eigenvalue weighted by molar-refractivity contribution is -0.139. The zero-order valence-electron chi connectivity index (χ0n) is 22.5. The number of esters is 1. The Morgan fingerprint density at radius 2 is 1.49 bits per heavy atom. The first-order valence-electron chi connectivity index (χ1n) is 13.0. The lowest BCUT2D eigenvalue weighted by Crippen LogP contribution is -2.42. The van der Waals surface area contributed by atoms with Crippen LogP contribution < -0.4 is 15.0 Å². The maximum Gasteiger partial charge on any atom is 0.343 e. The summed E-state index contributed by atoms with van der Waals surface area (Å²) in [5.41, 5.74) is 3.57. The van der Waals surface area contributed by atoms with E-state index >= 15 is 0 Å². The average molecular weight is 531 g/mol. The molecule has 39 heavy (non-hydrogen) atoms. The second-order valence-corrected chi connectivity index (χ2v) is 10.6. The first kappa shape index (κ1) is 27.9. The molecule has 8 nitrogen and oxygen atoms in total. The molecule has 3 aromatic carbocycles. The van der Waals surface area contributed by atoms with Crippen molar-refractivity contribution in [1.29, 1.82) is 0 Å². The number of anilines is 1. The van der Waals surface area contributed by atoms with E-state index in [1.807, 2.05) is 24.3 Å². The zero-order valence-corrected chi connectivity index (χ0v) is 22.5. The Balaban J connectivity index is 1.33. The Hall–Kier alpha value is -4.17. The molecule has 1 heterocycles. The van der Waals surface area contributed by atoms with Crippen LogP contribution in [0, 0.1) is 0 Å². The number of ether oxygens (including phenoxy) is 2. The normalized spacial score (nSPS) is 14.4. The van der Waals surface area contributed by atoms with Gasteiger partial charge in [-0.3, -0.25) is 4.79 Å². The maximum absolute atomic E-state index is 12.7. The number of morpholine rings is 1. The van der Waals surface area contributed by atoms with Crippen molar-refractivity contribution in [1.82, 2.24) is 5.32 Å². The minimum absolute atomic E-state index is 0.0488. The fourth-order valence-electron chi connectivity index (χ4n) is 4.29. The molecule has 1 aliphatic heterocycles. The van der Waals surface area contributed by atoms with E-state index < -0.39 is 23.9 Å². The predicted molar refractivity (Wildman–Crippen MR) is 149 cm³/mol. The van der Waals surface area contributed by atoms with Crippen molar-refractivity contribution >= 4 is 23.5 Å². The van der Waals surface area contributed by atoms with Gasteiger partial charge in [0.25, 0.3) is 5.91 Å². The molecule has 0 radical (unpaired) electrons. The van der Waals surface area contributed by atoms with Gasteiger partial charge in [0.1, 0.15) is 11.8 Å². The number of rotatable bonds is 8. The highest BCUT2D eigenvalue weighted by molar-refractivity contribution is 5.96. The molecule has 0 bridgehead atoms. The molecule has 1 unspecified atom stereocenters. The summed E-state index contributed by atoms with van der Waals surface area (Å²) < 4.78 is 10.9. The molecular weight excluding hydrogens is 496 g/mol. The molecule has 3 aromatic rings. The third-order valence-electron chi connectivity index (χ3n) is 6.67. The largest absolute Gasteiger partial charge is 0.480 e. The Morgan fingerprint density at radius 3 is 2.05 bits per heavy atom. The summed E-state index contributed by atoms with van der Waals surface area (Å²) in [6.07, 6.45) is 0.0817. The monoisotopic (exact) mass is 530 g/mol. The van der Waals surface area contributed by atoms with Crippen LogP contribution in [0.5, 0.6) is 5.75 Å². The minimum Gasteiger partial charge on any atom is -0.480 e. The standard InChI is InChI=1S/C31H34N2O6/c1-31(2,3)24-10-6-22(7-11-24)28(34)32-27(29(35)36)20-21-4-14-26(15-5-21)39-30(37)23-8-12-25(13-9-23)33-16-18-38-19-17-33/h4-15,27H,16-20H2,1-3H3,(H,32,34)(H,35,36). The van der Waals surface area contributed by atoms with Crippen molar-refractivity contribution in [3.63, 3.8) is 0 Å². The Labute approximate surface area is 228 Å². The average Bonchev–Trinajstić information content (AvgIpc) is 2.93. The first-order valence-corrected chi connectivity index (χ1v) is 13.0. The predicted octanol–water partition coefficient (Wildman–Crippen LogP) is 4.47. The lowest BCUT2D eigenvalue weighted by Gasteiger charge is -2.28. The van der Waals surface area contributed by atoms with Crippen LogP contribution in [0.1, 0.15) is 52.6 Å². The molecular formula is C31H34N2O6. The number of carboxylic acid groups (broad SMARTS) is 1. The van der Waals surface area contributed by atoms with Crippen molar-refractivity contribution in [2.24, 2.45) is 0 Å². The van der Waals surface area contributed by atoms with Crippen LogP contribution in [0.3, 0.4) is 0 Å². The van der Waals surface area contributed by atoms with Gasteiger partial charge in [-0.2, -0.15) is 0 Å². The lowest BCUT2D eigenvalue weighted by atomic mass is 9.86. The number of carboxylic acids is 1. The molecule has 1 aliphatic rings. The zero-order chi connectivity index (χ0) is 28.0. The van der Waals surface area contributed by atoms with Crippen molar-refractivity contribution in [3.05, 3.63) is 95.1 Å². The van der Waals surface area contributed by atoms with Crippen molar-refractivity contribution in [2.75, 3.05) is 31.2 Å². The van der Waals surface area contributed by atoms with E-state index in [1.165, 1.54) is 0 Å². The molecule has 4 rings (SSSR count). The molecule has 1 saturated heterocycles.